The Hall–Kier alpha value is -2.02. The zero-order valence-corrected chi connectivity index (χ0v) is 12.1. The number of rotatable bonds is 4. The van der Waals surface area contributed by atoms with Crippen molar-refractivity contribution >= 4 is 17.6 Å². The molecule has 2 heterocycles. The van der Waals surface area contributed by atoms with Crippen LogP contribution in [0, 0.1) is 5.82 Å². The van der Waals surface area contributed by atoms with Gasteiger partial charge in [0.2, 0.25) is 0 Å². The first-order valence-corrected chi connectivity index (χ1v) is 7.46. The van der Waals surface area contributed by atoms with Crippen molar-refractivity contribution in [3.05, 3.63) is 30.1 Å². The second-order valence-electron chi connectivity index (χ2n) is 4.80. The van der Waals surface area contributed by atoms with Gasteiger partial charge in [-0.25, -0.2) is 4.39 Å². The maximum atomic E-state index is 13.3. The molecule has 2 aromatic rings. The molecule has 1 amide bonds. The number of hydrogen-bond acceptors (Lipinski definition) is 5. The standard InChI is InChI=1S/C14H14FN3O2S/c15-11-5-3-4-10(8-11)13-14(17-21-16-13)20-9-12(19)18-6-1-2-7-18/h3-5,8H,1-2,6-7,9H2. The van der Waals surface area contributed by atoms with E-state index >= 15 is 0 Å². The number of likely N-dealkylation sites (tertiary alicyclic amines) is 1. The maximum absolute atomic E-state index is 13.3. The lowest BCUT2D eigenvalue weighted by Crippen LogP contribution is -2.32. The maximum Gasteiger partial charge on any atom is 0.260 e. The fourth-order valence-electron chi connectivity index (χ4n) is 2.28. The number of hydrogen-bond donors (Lipinski definition) is 0. The number of nitrogens with zero attached hydrogens (tertiary/aromatic N) is 3. The van der Waals surface area contributed by atoms with Crippen LogP contribution in [0.5, 0.6) is 5.88 Å². The van der Waals surface area contributed by atoms with E-state index in [0.29, 0.717) is 11.3 Å². The molecule has 1 fully saturated rings. The van der Waals surface area contributed by atoms with Crippen LogP contribution in [0.4, 0.5) is 4.39 Å². The highest BCUT2D eigenvalue weighted by atomic mass is 32.1. The quantitative estimate of drug-likeness (QED) is 0.870. The van der Waals surface area contributed by atoms with Crippen LogP contribution in [-0.4, -0.2) is 39.3 Å². The molecule has 0 bridgehead atoms. The van der Waals surface area contributed by atoms with Gasteiger partial charge in [-0.05, 0) is 25.0 Å². The molecule has 110 valence electrons. The normalized spacial score (nSPS) is 14.4. The second kappa shape index (κ2) is 6.17. The number of carbonyl (C=O) groups excluding carboxylic acids is 1. The van der Waals surface area contributed by atoms with Crippen LogP contribution in [0.1, 0.15) is 12.8 Å². The Balaban J connectivity index is 1.69. The fraction of sp³-hybridized carbons (Fsp3) is 0.357. The molecule has 21 heavy (non-hydrogen) atoms. The van der Waals surface area contributed by atoms with Gasteiger partial charge in [-0.1, -0.05) is 12.1 Å². The topological polar surface area (TPSA) is 55.3 Å². The molecule has 5 nitrogen and oxygen atoms in total. The first kappa shape index (κ1) is 13.9. The van der Waals surface area contributed by atoms with Crippen molar-refractivity contribution < 1.29 is 13.9 Å². The summed E-state index contributed by atoms with van der Waals surface area (Å²) < 4.78 is 26.9. The second-order valence-corrected chi connectivity index (χ2v) is 5.33. The first-order valence-electron chi connectivity index (χ1n) is 6.73. The van der Waals surface area contributed by atoms with E-state index in [4.69, 9.17) is 4.74 Å². The molecule has 1 aromatic carbocycles. The van der Waals surface area contributed by atoms with Crippen LogP contribution in [-0.2, 0) is 4.79 Å². The van der Waals surface area contributed by atoms with Gasteiger partial charge in [0.05, 0.1) is 11.7 Å². The van der Waals surface area contributed by atoms with Crippen LogP contribution in [0.25, 0.3) is 11.3 Å². The molecule has 0 saturated carbocycles. The monoisotopic (exact) mass is 307 g/mol. The summed E-state index contributed by atoms with van der Waals surface area (Å²) in [6.07, 6.45) is 2.08. The Kier molecular flexibility index (Phi) is 4.10. The number of amides is 1. The molecule has 0 unspecified atom stereocenters. The van der Waals surface area contributed by atoms with Gasteiger partial charge in [-0.2, -0.15) is 4.37 Å². The highest BCUT2D eigenvalue weighted by Gasteiger charge is 2.20. The van der Waals surface area contributed by atoms with E-state index in [-0.39, 0.29) is 24.2 Å². The Labute approximate surface area is 125 Å². The third-order valence-electron chi connectivity index (χ3n) is 3.35. The van der Waals surface area contributed by atoms with Gasteiger partial charge in [0, 0.05) is 18.7 Å². The smallest absolute Gasteiger partial charge is 0.260 e. The van der Waals surface area contributed by atoms with Crippen LogP contribution >= 0.6 is 11.7 Å². The molecular formula is C14H14FN3O2S. The molecule has 1 aliphatic rings. The number of ether oxygens (including phenoxy) is 1. The van der Waals surface area contributed by atoms with E-state index in [1.165, 1.54) is 12.1 Å². The third kappa shape index (κ3) is 3.18. The van der Waals surface area contributed by atoms with Gasteiger partial charge in [-0.15, -0.1) is 4.37 Å². The third-order valence-corrected chi connectivity index (χ3v) is 3.86. The molecule has 0 radical (unpaired) electrons. The van der Waals surface area contributed by atoms with Gasteiger partial charge >= 0.3 is 0 Å². The van der Waals surface area contributed by atoms with E-state index in [2.05, 4.69) is 8.75 Å². The lowest BCUT2D eigenvalue weighted by molar-refractivity contribution is -0.132. The zero-order valence-electron chi connectivity index (χ0n) is 11.3. The summed E-state index contributed by atoms with van der Waals surface area (Å²) in [7, 11) is 0. The molecular weight excluding hydrogens is 293 g/mol. The summed E-state index contributed by atoms with van der Waals surface area (Å²) in [6, 6.07) is 6.06. The Morgan fingerprint density at radius 3 is 2.90 bits per heavy atom. The predicted octanol–water partition coefficient (Wildman–Crippen LogP) is 2.35. The van der Waals surface area contributed by atoms with Gasteiger partial charge in [0.15, 0.2) is 6.61 Å². The summed E-state index contributed by atoms with van der Waals surface area (Å²) in [5.74, 6) is -0.122. The Morgan fingerprint density at radius 1 is 1.33 bits per heavy atom. The average molecular weight is 307 g/mol. The fourth-order valence-corrected chi connectivity index (χ4v) is 2.79. The van der Waals surface area contributed by atoms with Crippen molar-refractivity contribution in [1.29, 1.82) is 0 Å². The number of aromatic nitrogens is 2. The van der Waals surface area contributed by atoms with Crippen molar-refractivity contribution in [2.75, 3.05) is 19.7 Å². The largest absolute Gasteiger partial charge is 0.465 e. The summed E-state index contributed by atoms with van der Waals surface area (Å²) in [4.78, 5) is 13.7. The van der Waals surface area contributed by atoms with Crippen molar-refractivity contribution in [3.8, 4) is 17.1 Å². The number of carbonyl (C=O) groups is 1. The predicted molar refractivity (Wildman–Crippen MR) is 76.6 cm³/mol. The van der Waals surface area contributed by atoms with Gasteiger partial charge in [0.1, 0.15) is 11.5 Å². The van der Waals surface area contributed by atoms with Crippen LogP contribution in [0.3, 0.4) is 0 Å². The van der Waals surface area contributed by atoms with Gasteiger partial charge in [0.25, 0.3) is 11.8 Å². The minimum atomic E-state index is -0.348. The molecule has 3 rings (SSSR count). The summed E-state index contributed by atoms with van der Waals surface area (Å²) in [5.41, 5.74) is 1.06. The van der Waals surface area contributed by atoms with Gasteiger partial charge < -0.3 is 9.64 Å². The highest BCUT2D eigenvalue weighted by Crippen LogP contribution is 2.28. The average Bonchev–Trinajstić information content (AvgIpc) is 3.16. The molecule has 1 aromatic heterocycles. The van der Waals surface area contributed by atoms with Crippen molar-refractivity contribution in [3.63, 3.8) is 0 Å². The minimum Gasteiger partial charge on any atom is -0.465 e. The molecule has 0 aliphatic carbocycles. The zero-order chi connectivity index (χ0) is 14.7. The van der Waals surface area contributed by atoms with Crippen LogP contribution < -0.4 is 4.74 Å². The highest BCUT2D eigenvalue weighted by molar-refractivity contribution is 6.99. The number of halogens is 1. The van der Waals surface area contributed by atoms with E-state index in [1.54, 1.807) is 17.0 Å². The molecule has 1 aliphatic heterocycles. The Bertz CT molecular complexity index is 641. The first-order chi connectivity index (χ1) is 10.2. The van der Waals surface area contributed by atoms with Crippen molar-refractivity contribution in [1.82, 2.24) is 13.6 Å². The van der Waals surface area contributed by atoms with E-state index < -0.39 is 0 Å². The lowest BCUT2D eigenvalue weighted by Gasteiger charge is -2.14. The summed E-state index contributed by atoms with van der Waals surface area (Å²) in [5, 5.41) is 0. The molecule has 1 saturated heterocycles. The molecule has 0 N–H and O–H groups in total. The molecule has 0 spiro atoms. The molecule has 7 heteroatoms. The molecule has 0 atom stereocenters. The summed E-state index contributed by atoms with van der Waals surface area (Å²) >= 11 is 0.978. The lowest BCUT2D eigenvalue weighted by atomic mass is 10.1. The van der Waals surface area contributed by atoms with Gasteiger partial charge in [-0.3, -0.25) is 4.79 Å². The SMILES string of the molecule is O=C(COc1nsnc1-c1cccc(F)c1)N1CCCC1. The van der Waals surface area contributed by atoms with Crippen molar-refractivity contribution in [2.24, 2.45) is 0 Å². The number of benzene rings is 1. The Morgan fingerprint density at radius 2 is 2.14 bits per heavy atom. The summed E-state index contributed by atoms with van der Waals surface area (Å²) in [6.45, 7) is 1.51. The van der Waals surface area contributed by atoms with Crippen molar-refractivity contribution in [2.45, 2.75) is 12.8 Å². The van der Waals surface area contributed by atoms with E-state index in [1.807, 2.05) is 0 Å². The minimum absolute atomic E-state index is 0.0503. The van der Waals surface area contributed by atoms with E-state index in [0.717, 1.165) is 37.7 Å². The van der Waals surface area contributed by atoms with Crippen LogP contribution in [0.2, 0.25) is 0 Å². The van der Waals surface area contributed by atoms with E-state index in [9.17, 15) is 9.18 Å². The van der Waals surface area contributed by atoms with Crippen LogP contribution in [0.15, 0.2) is 24.3 Å².